The molecule has 0 aromatic heterocycles. The second-order valence-corrected chi connectivity index (χ2v) is 6.47. The van der Waals surface area contributed by atoms with E-state index in [0.717, 1.165) is 44.6 Å². The summed E-state index contributed by atoms with van der Waals surface area (Å²) in [6, 6.07) is 5.16. The van der Waals surface area contributed by atoms with E-state index >= 15 is 0 Å². The largest absolute Gasteiger partial charge is 0.381 e. The van der Waals surface area contributed by atoms with Crippen molar-refractivity contribution in [2.45, 2.75) is 39.2 Å². The van der Waals surface area contributed by atoms with Crippen LogP contribution < -0.4 is 5.32 Å². The molecule has 1 heterocycles. The molecule has 1 saturated heterocycles. The summed E-state index contributed by atoms with van der Waals surface area (Å²) in [5.41, 5.74) is 1.18. The molecule has 0 amide bonds. The van der Waals surface area contributed by atoms with Crippen molar-refractivity contribution >= 4 is 11.6 Å². The van der Waals surface area contributed by atoms with Crippen LogP contribution in [0.4, 0.5) is 4.39 Å². The van der Waals surface area contributed by atoms with Crippen molar-refractivity contribution in [1.29, 1.82) is 0 Å². The smallest absolute Gasteiger partial charge is 0.124 e. The Balaban J connectivity index is 2.14. The summed E-state index contributed by atoms with van der Waals surface area (Å²) in [7, 11) is 0. The maximum absolute atomic E-state index is 13.2. The third-order valence-electron chi connectivity index (χ3n) is 4.02. The fourth-order valence-corrected chi connectivity index (χ4v) is 2.94. The normalized spacial score (nSPS) is 18.4. The Morgan fingerprint density at radius 3 is 2.65 bits per heavy atom. The molecule has 0 atom stereocenters. The molecule has 1 aliphatic rings. The van der Waals surface area contributed by atoms with Gasteiger partial charge in [-0.25, -0.2) is 4.39 Å². The Hall–Kier alpha value is -0.640. The Kier molecular flexibility index (Phi) is 5.42. The van der Waals surface area contributed by atoms with E-state index in [1.807, 2.05) is 6.07 Å². The minimum Gasteiger partial charge on any atom is -0.381 e. The Morgan fingerprint density at radius 2 is 2.05 bits per heavy atom. The van der Waals surface area contributed by atoms with Crippen LogP contribution in [-0.4, -0.2) is 25.8 Å². The molecule has 1 aromatic carbocycles. The number of rotatable bonds is 5. The molecule has 0 radical (unpaired) electrons. The zero-order valence-electron chi connectivity index (χ0n) is 12.2. The van der Waals surface area contributed by atoms with Crippen molar-refractivity contribution in [3.63, 3.8) is 0 Å². The average Bonchev–Trinajstić information content (AvgIpc) is 2.41. The van der Waals surface area contributed by atoms with Gasteiger partial charge < -0.3 is 10.1 Å². The Bertz CT molecular complexity index is 444. The summed E-state index contributed by atoms with van der Waals surface area (Å²) in [4.78, 5) is 0. The molecule has 0 unspecified atom stereocenters. The summed E-state index contributed by atoms with van der Waals surface area (Å²) in [6.45, 7) is 6.83. The molecular weight excluding hydrogens is 277 g/mol. The summed E-state index contributed by atoms with van der Waals surface area (Å²) in [6.07, 6.45) is 2.90. The van der Waals surface area contributed by atoms with Gasteiger partial charge >= 0.3 is 0 Å². The molecule has 4 heteroatoms. The Labute approximate surface area is 125 Å². The molecule has 2 nitrogen and oxygen atoms in total. The van der Waals surface area contributed by atoms with E-state index in [1.54, 1.807) is 0 Å². The van der Waals surface area contributed by atoms with Crippen LogP contribution in [0, 0.1) is 11.2 Å². The van der Waals surface area contributed by atoms with Gasteiger partial charge in [0.25, 0.3) is 0 Å². The molecule has 0 saturated carbocycles. The van der Waals surface area contributed by atoms with E-state index in [1.165, 1.54) is 12.1 Å². The van der Waals surface area contributed by atoms with Crippen molar-refractivity contribution in [2.24, 2.45) is 5.41 Å². The first-order valence-electron chi connectivity index (χ1n) is 7.26. The molecule has 112 valence electrons. The van der Waals surface area contributed by atoms with Crippen molar-refractivity contribution < 1.29 is 9.13 Å². The van der Waals surface area contributed by atoms with Crippen molar-refractivity contribution in [1.82, 2.24) is 5.32 Å². The van der Waals surface area contributed by atoms with Gasteiger partial charge in [0, 0.05) is 30.8 Å². The van der Waals surface area contributed by atoms with Crippen LogP contribution in [0.1, 0.15) is 32.3 Å². The summed E-state index contributed by atoms with van der Waals surface area (Å²) >= 11 is 6.18. The highest BCUT2D eigenvalue weighted by Gasteiger charge is 2.33. The van der Waals surface area contributed by atoms with E-state index in [0.29, 0.717) is 11.1 Å². The number of halogens is 2. The van der Waals surface area contributed by atoms with Gasteiger partial charge in [-0.15, -0.1) is 0 Å². The predicted octanol–water partition coefficient (Wildman–Crippen LogP) is 3.82. The lowest BCUT2D eigenvalue weighted by Crippen LogP contribution is -2.42. The molecule has 1 N–H and O–H groups in total. The number of hydrogen-bond acceptors (Lipinski definition) is 2. The minimum absolute atomic E-state index is 0.157. The molecule has 0 bridgehead atoms. The van der Waals surface area contributed by atoms with Crippen LogP contribution in [0.5, 0.6) is 0 Å². The van der Waals surface area contributed by atoms with Gasteiger partial charge in [-0.3, -0.25) is 0 Å². The number of benzene rings is 1. The van der Waals surface area contributed by atoms with Gasteiger partial charge in [-0.05, 0) is 42.4 Å². The van der Waals surface area contributed by atoms with E-state index in [-0.39, 0.29) is 11.2 Å². The summed E-state index contributed by atoms with van der Waals surface area (Å²) < 4.78 is 18.7. The molecule has 0 aliphatic carbocycles. The maximum atomic E-state index is 13.2. The van der Waals surface area contributed by atoms with Gasteiger partial charge in [0.15, 0.2) is 0 Å². The third kappa shape index (κ3) is 4.18. The first kappa shape index (κ1) is 15.7. The van der Waals surface area contributed by atoms with Crippen LogP contribution in [0.15, 0.2) is 18.2 Å². The van der Waals surface area contributed by atoms with E-state index in [2.05, 4.69) is 19.2 Å². The summed E-state index contributed by atoms with van der Waals surface area (Å²) in [5.74, 6) is -0.278. The second kappa shape index (κ2) is 6.88. The lowest BCUT2D eigenvalue weighted by atomic mass is 9.75. The molecule has 1 fully saturated rings. The molecule has 2 rings (SSSR count). The monoisotopic (exact) mass is 299 g/mol. The van der Waals surface area contributed by atoms with Crippen LogP contribution in [0.3, 0.4) is 0 Å². The number of hydrogen-bond donors (Lipinski definition) is 1. The predicted molar refractivity (Wildman–Crippen MR) is 80.7 cm³/mol. The highest BCUT2D eigenvalue weighted by atomic mass is 35.5. The molecular formula is C16H23ClFNO. The van der Waals surface area contributed by atoms with Gasteiger partial charge in [0.2, 0.25) is 0 Å². The van der Waals surface area contributed by atoms with Crippen LogP contribution in [-0.2, 0) is 11.2 Å². The van der Waals surface area contributed by atoms with Crippen LogP contribution >= 0.6 is 11.6 Å². The highest BCUT2D eigenvalue weighted by Crippen LogP contribution is 2.36. The lowest BCUT2D eigenvalue weighted by molar-refractivity contribution is 0.0141. The van der Waals surface area contributed by atoms with Gasteiger partial charge in [0.05, 0.1) is 0 Å². The van der Waals surface area contributed by atoms with E-state index in [9.17, 15) is 4.39 Å². The molecule has 1 aliphatic heterocycles. The standard InChI is InChI=1S/C16H23ClFNO/c1-12(2)19-11-16(5-7-20-8-6-16)10-13-3-4-14(18)9-15(13)17/h3-4,9,12,19H,5-8,10-11H2,1-2H3. The van der Waals surface area contributed by atoms with Crippen molar-refractivity contribution in [2.75, 3.05) is 19.8 Å². The maximum Gasteiger partial charge on any atom is 0.124 e. The topological polar surface area (TPSA) is 21.3 Å². The highest BCUT2D eigenvalue weighted by molar-refractivity contribution is 6.31. The summed E-state index contributed by atoms with van der Waals surface area (Å²) in [5, 5.41) is 4.06. The fourth-order valence-electron chi connectivity index (χ4n) is 2.71. The van der Waals surface area contributed by atoms with Crippen molar-refractivity contribution in [3.8, 4) is 0 Å². The zero-order chi connectivity index (χ0) is 14.6. The molecule has 20 heavy (non-hydrogen) atoms. The zero-order valence-corrected chi connectivity index (χ0v) is 13.0. The third-order valence-corrected chi connectivity index (χ3v) is 4.37. The Morgan fingerprint density at radius 1 is 1.35 bits per heavy atom. The SMILES string of the molecule is CC(C)NCC1(Cc2ccc(F)cc2Cl)CCOCC1. The number of nitrogens with one attached hydrogen (secondary N) is 1. The molecule has 0 spiro atoms. The second-order valence-electron chi connectivity index (χ2n) is 6.06. The van der Waals surface area contributed by atoms with Gasteiger partial charge in [0.1, 0.15) is 5.82 Å². The fraction of sp³-hybridized carbons (Fsp3) is 0.625. The first-order chi connectivity index (χ1) is 9.51. The average molecular weight is 300 g/mol. The van der Waals surface area contributed by atoms with Crippen molar-refractivity contribution in [3.05, 3.63) is 34.6 Å². The number of ether oxygens (including phenoxy) is 1. The van der Waals surface area contributed by atoms with E-state index < -0.39 is 0 Å². The molecule has 1 aromatic rings. The quantitative estimate of drug-likeness (QED) is 0.892. The van der Waals surface area contributed by atoms with Gasteiger partial charge in [-0.2, -0.15) is 0 Å². The van der Waals surface area contributed by atoms with E-state index in [4.69, 9.17) is 16.3 Å². The van der Waals surface area contributed by atoms with Crippen LogP contribution in [0.2, 0.25) is 5.02 Å². The first-order valence-corrected chi connectivity index (χ1v) is 7.64. The lowest BCUT2D eigenvalue weighted by Gasteiger charge is -2.38. The van der Waals surface area contributed by atoms with Crippen LogP contribution in [0.25, 0.3) is 0 Å². The minimum atomic E-state index is -0.278. The van der Waals surface area contributed by atoms with Gasteiger partial charge in [-0.1, -0.05) is 31.5 Å².